The summed E-state index contributed by atoms with van der Waals surface area (Å²) in [6.45, 7) is 1.92. The van der Waals surface area contributed by atoms with Gasteiger partial charge in [0.2, 0.25) is 5.91 Å². The molecule has 0 aliphatic carbocycles. The topological polar surface area (TPSA) is 78.5 Å². The van der Waals surface area contributed by atoms with Gasteiger partial charge in [-0.05, 0) is 31.2 Å². The van der Waals surface area contributed by atoms with Crippen LogP contribution in [0.5, 0.6) is 0 Å². The summed E-state index contributed by atoms with van der Waals surface area (Å²) in [7, 11) is 0. The Morgan fingerprint density at radius 3 is 2.48 bits per heavy atom. The van der Waals surface area contributed by atoms with Gasteiger partial charge in [0.25, 0.3) is 11.8 Å². The van der Waals surface area contributed by atoms with Gasteiger partial charge in [-0.3, -0.25) is 19.8 Å². The minimum atomic E-state index is -0.819. The second-order valence-corrected chi connectivity index (χ2v) is 6.15. The van der Waals surface area contributed by atoms with E-state index in [-0.39, 0.29) is 17.9 Å². The maximum absolute atomic E-state index is 12.5. The summed E-state index contributed by atoms with van der Waals surface area (Å²) >= 11 is 5.96. The Balaban J connectivity index is 1.67. The number of nitrogens with zero attached hydrogens (tertiary/aromatic N) is 1. The van der Waals surface area contributed by atoms with Crippen LogP contribution in [-0.2, 0) is 9.59 Å². The van der Waals surface area contributed by atoms with Gasteiger partial charge in [0.1, 0.15) is 6.04 Å². The Hall–Kier alpha value is -2.70. The minimum absolute atomic E-state index is 0.0322. The molecule has 0 bridgehead atoms. The normalized spacial score (nSPS) is 17.0. The lowest BCUT2D eigenvalue weighted by molar-refractivity contribution is -0.121. The predicted molar refractivity (Wildman–Crippen MR) is 94.1 cm³/mol. The first kappa shape index (κ1) is 17.1. The van der Waals surface area contributed by atoms with Crippen molar-refractivity contribution < 1.29 is 14.4 Å². The smallest absolute Gasteiger partial charge is 0.266 e. The van der Waals surface area contributed by atoms with Crippen molar-refractivity contribution in [3.8, 4) is 0 Å². The zero-order valence-corrected chi connectivity index (χ0v) is 14.2. The maximum Gasteiger partial charge on any atom is 0.266 e. The Morgan fingerprint density at radius 2 is 1.80 bits per heavy atom. The molecular formula is C18H16ClN3O3. The van der Waals surface area contributed by atoms with E-state index in [1.165, 1.54) is 0 Å². The van der Waals surface area contributed by atoms with Crippen molar-refractivity contribution in [2.75, 3.05) is 4.90 Å². The van der Waals surface area contributed by atoms with Gasteiger partial charge in [0, 0.05) is 0 Å². The largest absolute Gasteiger partial charge is 0.287 e. The number of hydrogen-bond donors (Lipinski definition) is 2. The number of amides is 3. The van der Waals surface area contributed by atoms with Crippen LogP contribution in [0.1, 0.15) is 22.3 Å². The molecule has 0 spiro atoms. The average Bonchev–Trinajstić information content (AvgIpc) is 2.88. The molecule has 1 unspecified atom stereocenters. The molecule has 2 aromatic rings. The molecule has 1 heterocycles. The minimum Gasteiger partial charge on any atom is -0.287 e. The summed E-state index contributed by atoms with van der Waals surface area (Å²) in [5, 5.41) is 0.303. The van der Waals surface area contributed by atoms with E-state index in [0.29, 0.717) is 10.7 Å². The first-order valence-electron chi connectivity index (χ1n) is 7.71. The van der Waals surface area contributed by atoms with Crippen LogP contribution in [0.15, 0.2) is 48.5 Å². The Kier molecular flexibility index (Phi) is 4.83. The van der Waals surface area contributed by atoms with E-state index in [2.05, 4.69) is 10.9 Å². The van der Waals surface area contributed by atoms with Crippen LogP contribution in [0.2, 0.25) is 5.02 Å². The lowest BCUT2D eigenvalue weighted by Crippen LogP contribution is -2.48. The third-order valence-electron chi connectivity index (χ3n) is 3.92. The number of hydrazine groups is 1. The highest BCUT2D eigenvalue weighted by atomic mass is 35.5. The standard InChI is InChI=1S/C18H16ClN3O3/c1-11-6-8-12(9-7-11)22-16(23)10-15(18(22)25)20-21-17(24)13-4-2-3-5-14(13)19/h2-9,15,20H,10H2,1H3,(H,21,24). The van der Waals surface area contributed by atoms with E-state index >= 15 is 0 Å². The highest BCUT2D eigenvalue weighted by Crippen LogP contribution is 2.23. The number of nitrogens with one attached hydrogen (secondary N) is 2. The van der Waals surface area contributed by atoms with E-state index in [0.717, 1.165) is 10.5 Å². The second-order valence-electron chi connectivity index (χ2n) is 5.74. The quantitative estimate of drug-likeness (QED) is 0.649. The Morgan fingerprint density at radius 1 is 1.12 bits per heavy atom. The summed E-state index contributed by atoms with van der Waals surface area (Å²) in [4.78, 5) is 37.9. The van der Waals surface area contributed by atoms with Crippen LogP contribution in [0.3, 0.4) is 0 Å². The van der Waals surface area contributed by atoms with Crippen LogP contribution in [0, 0.1) is 6.92 Å². The predicted octanol–water partition coefficient (Wildman–Crippen LogP) is 2.21. The van der Waals surface area contributed by atoms with E-state index < -0.39 is 17.9 Å². The van der Waals surface area contributed by atoms with Gasteiger partial charge in [0.05, 0.1) is 22.7 Å². The molecule has 1 fully saturated rings. The number of carbonyl (C=O) groups excluding carboxylic acids is 3. The van der Waals surface area contributed by atoms with Crippen molar-refractivity contribution in [3.63, 3.8) is 0 Å². The van der Waals surface area contributed by atoms with Gasteiger partial charge < -0.3 is 0 Å². The number of carbonyl (C=O) groups is 3. The molecule has 0 aromatic heterocycles. The zero-order valence-electron chi connectivity index (χ0n) is 13.5. The van der Waals surface area contributed by atoms with E-state index in [1.54, 1.807) is 36.4 Å². The highest BCUT2D eigenvalue weighted by Gasteiger charge is 2.39. The van der Waals surface area contributed by atoms with Gasteiger partial charge in [-0.2, -0.15) is 0 Å². The molecule has 7 heteroatoms. The van der Waals surface area contributed by atoms with Crippen LogP contribution in [0.25, 0.3) is 0 Å². The first-order valence-corrected chi connectivity index (χ1v) is 8.09. The molecule has 1 aliphatic rings. The molecule has 25 heavy (non-hydrogen) atoms. The molecule has 128 valence electrons. The number of halogens is 1. The summed E-state index contributed by atoms with van der Waals surface area (Å²) in [5.41, 5.74) is 6.90. The number of rotatable bonds is 4. The van der Waals surface area contributed by atoms with E-state index in [4.69, 9.17) is 11.6 Å². The highest BCUT2D eigenvalue weighted by molar-refractivity contribution is 6.33. The van der Waals surface area contributed by atoms with Crippen molar-refractivity contribution in [1.29, 1.82) is 0 Å². The van der Waals surface area contributed by atoms with E-state index in [1.807, 2.05) is 19.1 Å². The van der Waals surface area contributed by atoms with Crippen molar-refractivity contribution in [1.82, 2.24) is 10.9 Å². The van der Waals surface area contributed by atoms with E-state index in [9.17, 15) is 14.4 Å². The molecule has 2 aromatic carbocycles. The van der Waals surface area contributed by atoms with Gasteiger partial charge in [-0.15, -0.1) is 0 Å². The molecule has 0 saturated carbocycles. The summed E-state index contributed by atoms with van der Waals surface area (Å²) in [6, 6.07) is 12.8. The summed E-state index contributed by atoms with van der Waals surface area (Å²) < 4.78 is 0. The molecule has 1 saturated heterocycles. The molecule has 0 radical (unpaired) electrons. The van der Waals surface area contributed by atoms with Crippen molar-refractivity contribution in [2.45, 2.75) is 19.4 Å². The number of aryl methyl sites for hydroxylation is 1. The fourth-order valence-corrected chi connectivity index (χ4v) is 2.80. The Bertz CT molecular complexity index is 836. The second kappa shape index (κ2) is 7.04. The molecule has 2 N–H and O–H groups in total. The number of hydrogen-bond acceptors (Lipinski definition) is 4. The summed E-state index contributed by atoms with van der Waals surface area (Å²) in [6.07, 6.45) is -0.0322. The molecule has 3 amide bonds. The Labute approximate surface area is 149 Å². The molecule has 1 aliphatic heterocycles. The van der Waals surface area contributed by atoms with Crippen molar-refractivity contribution in [3.05, 3.63) is 64.7 Å². The summed E-state index contributed by atoms with van der Waals surface area (Å²) in [5.74, 6) is -1.20. The molecule has 3 rings (SSSR count). The average molecular weight is 358 g/mol. The van der Waals surface area contributed by atoms with Gasteiger partial charge in [-0.1, -0.05) is 41.4 Å². The fourth-order valence-electron chi connectivity index (χ4n) is 2.58. The van der Waals surface area contributed by atoms with Gasteiger partial charge in [-0.25, -0.2) is 10.3 Å². The third kappa shape index (κ3) is 3.55. The van der Waals surface area contributed by atoms with Crippen LogP contribution >= 0.6 is 11.6 Å². The van der Waals surface area contributed by atoms with Crippen molar-refractivity contribution in [2.24, 2.45) is 0 Å². The van der Waals surface area contributed by atoms with Gasteiger partial charge >= 0.3 is 0 Å². The lowest BCUT2D eigenvalue weighted by atomic mass is 10.2. The fraction of sp³-hybridized carbons (Fsp3) is 0.167. The van der Waals surface area contributed by atoms with Crippen LogP contribution < -0.4 is 15.8 Å². The third-order valence-corrected chi connectivity index (χ3v) is 4.25. The van der Waals surface area contributed by atoms with Crippen molar-refractivity contribution >= 4 is 35.0 Å². The maximum atomic E-state index is 12.5. The number of anilines is 1. The van der Waals surface area contributed by atoms with Crippen LogP contribution in [-0.4, -0.2) is 23.8 Å². The molecule has 6 nitrogen and oxygen atoms in total. The monoisotopic (exact) mass is 357 g/mol. The first-order chi connectivity index (χ1) is 12.0. The molecular weight excluding hydrogens is 342 g/mol. The number of imide groups is 1. The van der Waals surface area contributed by atoms with Gasteiger partial charge in [0.15, 0.2) is 0 Å². The SMILES string of the molecule is Cc1ccc(N2C(=O)CC(NNC(=O)c3ccccc3Cl)C2=O)cc1. The lowest BCUT2D eigenvalue weighted by Gasteiger charge is -2.16. The molecule has 1 atom stereocenters. The van der Waals surface area contributed by atoms with Crippen LogP contribution in [0.4, 0.5) is 5.69 Å². The number of benzene rings is 2. The zero-order chi connectivity index (χ0) is 18.0.